The van der Waals surface area contributed by atoms with Crippen LogP contribution in [-0.2, 0) is 0 Å². The maximum absolute atomic E-state index is 12.0. The molecule has 0 saturated carbocycles. The molecule has 0 bridgehead atoms. The van der Waals surface area contributed by atoms with Gasteiger partial charge in [0.2, 0.25) is 0 Å². The van der Waals surface area contributed by atoms with E-state index in [0.29, 0.717) is 0 Å². The van der Waals surface area contributed by atoms with E-state index in [1.165, 1.54) is 30.5 Å². The molecule has 0 heterocycles. The van der Waals surface area contributed by atoms with Crippen molar-refractivity contribution in [2.24, 2.45) is 0 Å². The van der Waals surface area contributed by atoms with Gasteiger partial charge in [-0.15, -0.1) is 0 Å². The maximum Gasteiger partial charge on any atom is 0.446 e. The highest BCUT2D eigenvalue weighted by Gasteiger charge is 2.29. The number of hydrogen-bond acceptors (Lipinski definition) is 3. The first-order chi connectivity index (χ1) is 7.42. The molecular weight excluding hydrogens is 241 g/mol. The summed E-state index contributed by atoms with van der Waals surface area (Å²) in [5.41, 5.74) is -4.22. The van der Waals surface area contributed by atoms with E-state index in [0.717, 1.165) is 0 Å². The fourth-order valence-corrected chi connectivity index (χ4v) is 1.47. The van der Waals surface area contributed by atoms with Crippen LogP contribution in [0.3, 0.4) is 0 Å². The molecule has 0 fully saturated rings. The van der Waals surface area contributed by atoms with Gasteiger partial charge in [0.15, 0.2) is 6.19 Å². The number of amides is 1. The number of nitrogens with zero attached hydrogens (tertiary/aromatic N) is 1. The Balaban J connectivity index is 2.76. The number of nitriles is 1. The van der Waals surface area contributed by atoms with Gasteiger partial charge < -0.3 is 0 Å². The van der Waals surface area contributed by atoms with Crippen LogP contribution < -0.4 is 5.32 Å². The summed E-state index contributed by atoms with van der Waals surface area (Å²) in [6, 6.07) is 4.79. The maximum atomic E-state index is 12.0. The van der Waals surface area contributed by atoms with Gasteiger partial charge in [0.25, 0.3) is 5.91 Å². The van der Waals surface area contributed by atoms with Crippen molar-refractivity contribution >= 4 is 17.7 Å². The van der Waals surface area contributed by atoms with E-state index in [1.54, 1.807) is 0 Å². The average molecular weight is 246 g/mol. The van der Waals surface area contributed by atoms with Crippen LogP contribution in [0, 0.1) is 11.5 Å². The Hall–Kier alpha value is -1.68. The number of carbonyl (C=O) groups is 1. The fourth-order valence-electron chi connectivity index (χ4n) is 0.931. The molecule has 0 aliphatic heterocycles. The molecule has 0 atom stereocenters. The Morgan fingerprint density at radius 3 is 2.31 bits per heavy atom. The van der Waals surface area contributed by atoms with Gasteiger partial charge in [-0.1, -0.05) is 0 Å². The number of rotatable bonds is 2. The second-order valence-electron chi connectivity index (χ2n) is 2.64. The molecule has 0 aliphatic carbocycles. The Morgan fingerprint density at radius 2 is 1.88 bits per heavy atom. The predicted molar refractivity (Wildman–Crippen MR) is 51.4 cm³/mol. The van der Waals surface area contributed by atoms with Crippen LogP contribution in [-0.4, -0.2) is 11.4 Å². The van der Waals surface area contributed by atoms with Crippen molar-refractivity contribution in [1.29, 1.82) is 5.26 Å². The third kappa shape index (κ3) is 3.82. The van der Waals surface area contributed by atoms with Crippen molar-refractivity contribution < 1.29 is 18.0 Å². The van der Waals surface area contributed by atoms with Gasteiger partial charge in [-0.2, -0.15) is 18.4 Å². The molecule has 0 spiro atoms. The molecular formula is C9H5F3N2OS. The van der Waals surface area contributed by atoms with Gasteiger partial charge in [-0.3, -0.25) is 10.1 Å². The number of alkyl halides is 3. The van der Waals surface area contributed by atoms with E-state index >= 15 is 0 Å². The zero-order chi connectivity index (χ0) is 12.2. The van der Waals surface area contributed by atoms with E-state index in [2.05, 4.69) is 0 Å². The van der Waals surface area contributed by atoms with Crippen LogP contribution in [0.15, 0.2) is 29.2 Å². The van der Waals surface area contributed by atoms with Gasteiger partial charge in [-0.25, -0.2) is 0 Å². The van der Waals surface area contributed by atoms with E-state index in [1.807, 2.05) is 5.32 Å². The predicted octanol–water partition coefficient (Wildman–Crippen LogP) is 2.51. The number of thioether (sulfide) groups is 1. The number of carbonyl (C=O) groups excluding carboxylic acids is 1. The topological polar surface area (TPSA) is 52.9 Å². The second-order valence-corrected chi connectivity index (χ2v) is 3.78. The van der Waals surface area contributed by atoms with Gasteiger partial charge in [-0.05, 0) is 36.0 Å². The Kier molecular flexibility index (Phi) is 3.79. The van der Waals surface area contributed by atoms with E-state index in [9.17, 15) is 18.0 Å². The highest BCUT2D eigenvalue weighted by atomic mass is 32.2. The lowest BCUT2D eigenvalue weighted by Gasteiger charge is -2.05. The quantitative estimate of drug-likeness (QED) is 0.495. The minimum Gasteiger partial charge on any atom is -0.268 e. The molecule has 1 aromatic carbocycles. The standard InChI is InChI=1S/C9H5F3N2OS/c10-9(11,12)16-7-3-1-6(2-4-7)8(15)14-5-13/h1-4H,(H,14,15). The summed E-state index contributed by atoms with van der Waals surface area (Å²) in [5.74, 6) is -0.647. The Bertz CT molecular complexity index is 422. The molecule has 1 rings (SSSR count). The first-order valence-electron chi connectivity index (χ1n) is 3.97. The molecule has 7 heteroatoms. The smallest absolute Gasteiger partial charge is 0.268 e. The highest BCUT2D eigenvalue weighted by molar-refractivity contribution is 8.00. The highest BCUT2D eigenvalue weighted by Crippen LogP contribution is 2.36. The molecule has 0 aromatic heterocycles. The van der Waals surface area contributed by atoms with Gasteiger partial charge in [0, 0.05) is 10.5 Å². The summed E-state index contributed by atoms with van der Waals surface area (Å²) in [5, 5.41) is 10.0. The minimum atomic E-state index is -4.35. The normalized spacial score (nSPS) is 10.6. The van der Waals surface area contributed by atoms with Crippen LogP contribution in [0.25, 0.3) is 0 Å². The Labute approximate surface area is 93.2 Å². The summed E-state index contributed by atoms with van der Waals surface area (Å²) in [4.78, 5) is 11.1. The van der Waals surface area contributed by atoms with Crippen molar-refractivity contribution in [2.75, 3.05) is 0 Å². The molecule has 16 heavy (non-hydrogen) atoms. The van der Waals surface area contributed by atoms with Crippen molar-refractivity contribution in [3.05, 3.63) is 29.8 Å². The van der Waals surface area contributed by atoms with Crippen LogP contribution in [0.5, 0.6) is 0 Å². The van der Waals surface area contributed by atoms with Crippen molar-refractivity contribution in [3.63, 3.8) is 0 Å². The third-order valence-corrected chi connectivity index (χ3v) is 2.26. The summed E-state index contributed by atoms with van der Waals surface area (Å²) < 4.78 is 35.9. The number of nitrogens with one attached hydrogen (secondary N) is 1. The minimum absolute atomic E-state index is 0.0130. The first-order valence-corrected chi connectivity index (χ1v) is 4.79. The molecule has 0 saturated heterocycles. The second kappa shape index (κ2) is 4.90. The van der Waals surface area contributed by atoms with Gasteiger partial charge in [0.1, 0.15) is 0 Å². The molecule has 1 N–H and O–H groups in total. The lowest BCUT2D eigenvalue weighted by atomic mass is 10.2. The van der Waals surface area contributed by atoms with Crippen LogP contribution >= 0.6 is 11.8 Å². The van der Waals surface area contributed by atoms with Gasteiger partial charge in [0.05, 0.1) is 0 Å². The summed E-state index contributed by atoms with van der Waals surface area (Å²) in [7, 11) is 0. The molecule has 0 radical (unpaired) electrons. The molecule has 3 nitrogen and oxygen atoms in total. The summed E-state index contributed by atoms with van der Waals surface area (Å²) >= 11 is -0.262. The van der Waals surface area contributed by atoms with Crippen molar-refractivity contribution in [2.45, 2.75) is 10.4 Å². The van der Waals surface area contributed by atoms with Gasteiger partial charge >= 0.3 is 5.51 Å². The molecule has 1 aromatic rings. The lowest BCUT2D eigenvalue weighted by molar-refractivity contribution is -0.0328. The molecule has 0 aliphatic rings. The molecule has 84 valence electrons. The first kappa shape index (κ1) is 12.4. The van der Waals surface area contributed by atoms with E-state index in [4.69, 9.17) is 5.26 Å². The zero-order valence-electron chi connectivity index (χ0n) is 7.71. The third-order valence-electron chi connectivity index (χ3n) is 1.52. The molecule has 1 amide bonds. The number of halogens is 3. The van der Waals surface area contributed by atoms with E-state index in [-0.39, 0.29) is 22.2 Å². The SMILES string of the molecule is N#CNC(=O)c1ccc(SC(F)(F)F)cc1. The largest absolute Gasteiger partial charge is 0.446 e. The molecule has 0 unspecified atom stereocenters. The lowest BCUT2D eigenvalue weighted by Crippen LogP contribution is -2.16. The Morgan fingerprint density at radius 1 is 1.31 bits per heavy atom. The van der Waals surface area contributed by atoms with Crippen LogP contribution in [0.4, 0.5) is 13.2 Å². The average Bonchev–Trinajstić information content (AvgIpc) is 2.16. The van der Waals surface area contributed by atoms with Crippen molar-refractivity contribution in [1.82, 2.24) is 5.32 Å². The number of benzene rings is 1. The van der Waals surface area contributed by atoms with Crippen molar-refractivity contribution in [3.8, 4) is 6.19 Å². The van der Waals surface area contributed by atoms with Crippen LogP contribution in [0.2, 0.25) is 0 Å². The number of hydrogen-bond donors (Lipinski definition) is 1. The summed E-state index contributed by atoms with van der Waals surface area (Å²) in [6.45, 7) is 0. The zero-order valence-corrected chi connectivity index (χ0v) is 8.52. The summed E-state index contributed by atoms with van der Waals surface area (Å²) in [6.07, 6.45) is 1.43. The van der Waals surface area contributed by atoms with E-state index < -0.39 is 11.4 Å². The monoisotopic (exact) mass is 246 g/mol. The fraction of sp³-hybridized carbons (Fsp3) is 0.111. The van der Waals surface area contributed by atoms with Crippen LogP contribution in [0.1, 0.15) is 10.4 Å².